The Bertz CT molecular complexity index is 1810. The van der Waals surface area contributed by atoms with Gasteiger partial charge in [0, 0.05) is 6.42 Å². The van der Waals surface area contributed by atoms with Crippen molar-refractivity contribution in [2.45, 2.75) is 394 Å². The van der Waals surface area contributed by atoms with Gasteiger partial charge in [0.2, 0.25) is 5.91 Å². The van der Waals surface area contributed by atoms with E-state index in [-0.39, 0.29) is 18.9 Å². The smallest absolute Gasteiger partial charge is 0.220 e. The fourth-order valence-corrected chi connectivity index (χ4v) is 12.6. The fraction of sp³-hybridized carbons (Fsp3) is 0.904. The highest BCUT2D eigenvalue weighted by Crippen LogP contribution is 2.33. The number of hydrogen-bond acceptors (Lipinski definition) is 18. The number of nitrogens with one attached hydrogen (secondary N) is 1. The average molecular weight is 1310 g/mol. The Hall–Kier alpha value is -1.99. The minimum Gasteiger partial charge on any atom is -0.394 e. The molecule has 0 radical (unpaired) electrons. The van der Waals surface area contributed by atoms with Crippen LogP contribution >= 0.6 is 0 Å². The molecule has 1 amide bonds. The molecule has 0 saturated carbocycles. The van der Waals surface area contributed by atoms with Crippen molar-refractivity contribution >= 4 is 5.91 Å². The Balaban J connectivity index is 1.42. The summed E-state index contributed by atoms with van der Waals surface area (Å²) < 4.78 is 34.4. The molecular formula is C73H135NO18. The highest BCUT2D eigenvalue weighted by Gasteiger charge is 2.53. The van der Waals surface area contributed by atoms with Gasteiger partial charge in [0.05, 0.1) is 38.6 Å². The molecule has 17 unspecified atom stereocenters. The molecule has 3 saturated heterocycles. The van der Waals surface area contributed by atoms with Crippen molar-refractivity contribution in [3.8, 4) is 0 Å². The zero-order valence-electron chi connectivity index (χ0n) is 57.3. The molecule has 0 aromatic rings. The molecule has 3 rings (SSSR count). The van der Waals surface area contributed by atoms with Crippen LogP contribution in [0.4, 0.5) is 0 Å². The zero-order chi connectivity index (χ0) is 66.8. The number of carbonyl (C=O) groups excluding carboxylic acids is 1. The second kappa shape index (κ2) is 55.0. The normalized spacial score (nSPS) is 27.9. The van der Waals surface area contributed by atoms with E-state index in [1.807, 2.05) is 6.08 Å². The van der Waals surface area contributed by atoms with Gasteiger partial charge in [0.25, 0.3) is 0 Å². The minimum absolute atomic E-state index is 0.239. The van der Waals surface area contributed by atoms with Gasteiger partial charge in [0.1, 0.15) is 73.2 Å². The van der Waals surface area contributed by atoms with Crippen molar-refractivity contribution in [1.29, 1.82) is 0 Å². The van der Waals surface area contributed by atoms with Gasteiger partial charge in [-0.25, -0.2) is 0 Å². The van der Waals surface area contributed by atoms with Crippen LogP contribution in [0.3, 0.4) is 0 Å². The van der Waals surface area contributed by atoms with Gasteiger partial charge in [-0.2, -0.15) is 0 Å². The molecule has 19 nitrogen and oxygen atoms in total. The van der Waals surface area contributed by atoms with Gasteiger partial charge in [-0.15, -0.1) is 0 Å². The molecule has 3 aliphatic heterocycles. The summed E-state index contributed by atoms with van der Waals surface area (Å²) in [5, 5.41) is 121. The van der Waals surface area contributed by atoms with Gasteiger partial charge in [0.15, 0.2) is 18.9 Å². The van der Waals surface area contributed by atoms with Crippen LogP contribution in [0, 0.1) is 0 Å². The minimum atomic E-state index is -1.98. The number of amides is 1. The predicted octanol–water partition coefficient (Wildman–Crippen LogP) is 10.8. The average Bonchev–Trinajstić information content (AvgIpc) is 0.838. The third-order valence-corrected chi connectivity index (χ3v) is 18.7. The lowest BCUT2D eigenvalue weighted by molar-refractivity contribution is -0.379. The third kappa shape index (κ3) is 36.0. The summed E-state index contributed by atoms with van der Waals surface area (Å²) in [5.41, 5.74) is 0. The van der Waals surface area contributed by atoms with Gasteiger partial charge in [-0.3, -0.25) is 4.79 Å². The van der Waals surface area contributed by atoms with E-state index in [1.165, 1.54) is 199 Å². The van der Waals surface area contributed by atoms with Gasteiger partial charge in [-0.05, 0) is 51.4 Å². The second-order valence-electron chi connectivity index (χ2n) is 26.8. The lowest BCUT2D eigenvalue weighted by Gasteiger charge is -2.48. The molecule has 540 valence electrons. The van der Waals surface area contributed by atoms with E-state index >= 15 is 0 Å². The van der Waals surface area contributed by atoms with Crippen molar-refractivity contribution in [3.63, 3.8) is 0 Å². The van der Waals surface area contributed by atoms with Crippen LogP contribution in [0.1, 0.15) is 290 Å². The molecule has 3 fully saturated rings. The monoisotopic (exact) mass is 1310 g/mol. The molecule has 0 bridgehead atoms. The summed E-state index contributed by atoms with van der Waals surface area (Å²) in [4.78, 5) is 13.4. The van der Waals surface area contributed by atoms with E-state index in [2.05, 4.69) is 43.5 Å². The van der Waals surface area contributed by atoms with Crippen LogP contribution in [0.15, 0.2) is 36.5 Å². The second-order valence-corrected chi connectivity index (χ2v) is 26.8. The number of allylic oxidation sites excluding steroid dienone is 5. The Labute approximate surface area is 555 Å². The van der Waals surface area contributed by atoms with Crippen LogP contribution in [0.5, 0.6) is 0 Å². The quantitative estimate of drug-likeness (QED) is 0.0199. The Morgan fingerprint density at radius 2 is 0.717 bits per heavy atom. The number of unbranched alkanes of at least 4 members (excludes halogenated alkanes) is 38. The van der Waals surface area contributed by atoms with Crippen LogP contribution in [-0.2, 0) is 33.2 Å². The number of aliphatic hydroxyl groups is 11. The SMILES string of the molecule is CCCCCCC/C=C\C/C=C\CCCCCCCCCCCC(=O)NC(COC1OC(CO)C(OC2OC(CO)C(OC3OC(CO)C(O)C(O)C3O)C(O)C2O)C(O)C1O)C(O)/C=C/CCCCCCCCCCCCCCCCCCCCCCCCCC. The Kier molecular flexibility index (Phi) is 50.3. The van der Waals surface area contributed by atoms with E-state index in [9.17, 15) is 61.0 Å². The highest BCUT2D eigenvalue weighted by molar-refractivity contribution is 5.76. The van der Waals surface area contributed by atoms with Crippen LogP contribution < -0.4 is 5.32 Å². The van der Waals surface area contributed by atoms with Crippen molar-refractivity contribution in [2.24, 2.45) is 0 Å². The van der Waals surface area contributed by atoms with E-state index in [4.69, 9.17) is 28.4 Å². The predicted molar refractivity (Wildman–Crippen MR) is 360 cm³/mol. The number of carbonyl (C=O) groups is 1. The molecule has 19 heteroatoms. The van der Waals surface area contributed by atoms with Gasteiger partial charge < -0.3 is 89.9 Å². The van der Waals surface area contributed by atoms with E-state index in [0.29, 0.717) is 6.42 Å². The first-order valence-electron chi connectivity index (χ1n) is 37.2. The maximum Gasteiger partial charge on any atom is 0.220 e. The number of ether oxygens (including phenoxy) is 6. The van der Waals surface area contributed by atoms with Crippen molar-refractivity contribution in [2.75, 3.05) is 26.4 Å². The molecule has 0 spiro atoms. The molecule has 17 atom stereocenters. The molecule has 12 N–H and O–H groups in total. The lowest BCUT2D eigenvalue weighted by atomic mass is 9.96. The summed E-state index contributed by atoms with van der Waals surface area (Å²) >= 11 is 0. The molecule has 92 heavy (non-hydrogen) atoms. The highest BCUT2D eigenvalue weighted by atomic mass is 16.8. The van der Waals surface area contributed by atoms with Gasteiger partial charge >= 0.3 is 0 Å². The summed E-state index contributed by atoms with van der Waals surface area (Å²) in [7, 11) is 0. The molecule has 3 heterocycles. The topological polar surface area (TPSA) is 307 Å². The molecule has 3 aliphatic rings. The molecular weight excluding hydrogens is 1180 g/mol. The van der Waals surface area contributed by atoms with Crippen molar-refractivity contribution in [1.82, 2.24) is 5.32 Å². The summed E-state index contributed by atoms with van der Waals surface area (Å²) in [6.07, 6.45) is 38.3. The van der Waals surface area contributed by atoms with Crippen LogP contribution in [0.25, 0.3) is 0 Å². The lowest BCUT2D eigenvalue weighted by Crippen LogP contribution is -2.66. The first-order valence-corrected chi connectivity index (χ1v) is 37.2. The van der Waals surface area contributed by atoms with Crippen LogP contribution in [0.2, 0.25) is 0 Å². The van der Waals surface area contributed by atoms with E-state index in [1.54, 1.807) is 6.08 Å². The number of rotatable bonds is 58. The van der Waals surface area contributed by atoms with E-state index < -0.39 is 124 Å². The Morgan fingerprint density at radius 3 is 1.11 bits per heavy atom. The van der Waals surface area contributed by atoms with E-state index in [0.717, 1.165) is 64.2 Å². The largest absolute Gasteiger partial charge is 0.394 e. The maximum atomic E-state index is 13.4. The van der Waals surface area contributed by atoms with Crippen molar-refractivity contribution in [3.05, 3.63) is 36.5 Å². The summed E-state index contributed by atoms with van der Waals surface area (Å²) in [6.45, 7) is 1.76. The fourth-order valence-electron chi connectivity index (χ4n) is 12.6. The number of aliphatic hydroxyl groups excluding tert-OH is 11. The molecule has 0 aromatic heterocycles. The first kappa shape index (κ1) is 84.2. The standard InChI is InChI=1S/C73H135NO18/c1-3-5-7-9-11-13-15-17-19-21-23-25-26-27-28-29-31-32-34-36-38-40-42-44-46-48-50-57(78)56(74-61(79)51-49-47-45-43-41-39-37-35-33-30-24-22-20-18-16-14-12-10-8-6-4-2)55-87-71-67(85)64(82)69(59(53-76)89-71)92-73-68(86)65(83)70(60(54-77)90-73)91-72-66(84)63(81)62(80)58(52-75)88-72/h16,18,22,24,48,50,56-60,62-73,75-78,80-86H,3-15,17,19-21,23,25-47,49,51-55H2,1-2H3,(H,74,79)/b18-16-,24-22-,50-48+. The first-order chi connectivity index (χ1) is 44.8. The number of hydrogen-bond donors (Lipinski definition) is 12. The molecule has 0 aromatic carbocycles. The maximum absolute atomic E-state index is 13.4. The van der Waals surface area contributed by atoms with Crippen LogP contribution in [-0.4, -0.2) is 193 Å². The summed E-state index contributed by atoms with van der Waals surface area (Å²) in [6, 6.07) is -0.976. The van der Waals surface area contributed by atoms with Crippen molar-refractivity contribution < 1.29 is 89.4 Å². The summed E-state index contributed by atoms with van der Waals surface area (Å²) in [5.74, 6) is -0.277. The molecule has 0 aliphatic carbocycles. The zero-order valence-corrected chi connectivity index (χ0v) is 57.3. The van der Waals surface area contributed by atoms with Gasteiger partial charge in [-0.1, -0.05) is 269 Å². The Morgan fingerprint density at radius 1 is 0.391 bits per heavy atom. The third-order valence-electron chi connectivity index (χ3n) is 18.7.